The standard InChI is InChI=1S/C19H32OSi2/c1-19(2,3)22(6,7)20-17-14-11-15-18(17)21(4,5)16-12-9-8-10-13-16/h8-13,15,17-18H,14H2,1-7H3/t17-,18+/m1/s1. The zero-order valence-electron chi connectivity index (χ0n) is 15.3. The SMILES string of the molecule is CC(C)(C)[Si](C)(C)O[C@@H]1CC=C[C@@H]1[Si](C)(C)c1ccccc1. The fraction of sp³-hybridized carbons (Fsp3) is 0.579. The van der Waals surface area contributed by atoms with Gasteiger partial charge in [-0.1, -0.05) is 81.5 Å². The second-order valence-corrected chi connectivity index (χ2v) is 18.1. The molecule has 0 saturated carbocycles. The number of hydrogen-bond donors (Lipinski definition) is 0. The van der Waals surface area contributed by atoms with E-state index >= 15 is 0 Å². The highest BCUT2D eigenvalue weighted by atomic mass is 28.4. The fourth-order valence-electron chi connectivity index (χ4n) is 3.07. The molecule has 0 radical (unpaired) electrons. The zero-order chi connectivity index (χ0) is 16.6. The predicted molar refractivity (Wildman–Crippen MR) is 103 cm³/mol. The minimum atomic E-state index is -1.71. The topological polar surface area (TPSA) is 9.23 Å². The van der Waals surface area contributed by atoms with E-state index in [-0.39, 0.29) is 5.04 Å². The van der Waals surface area contributed by atoms with E-state index in [9.17, 15) is 0 Å². The molecule has 2 atom stereocenters. The Morgan fingerprint density at radius 3 is 2.14 bits per heavy atom. The molecule has 0 spiro atoms. The molecule has 1 aromatic carbocycles. The van der Waals surface area contributed by atoms with Crippen molar-refractivity contribution in [3.8, 4) is 0 Å². The lowest BCUT2D eigenvalue weighted by atomic mass is 10.2. The van der Waals surface area contributed by atoms with Crippen LogP contribution in [0, 0.1) is 0 Å². The molecule has 1 aromatic rings. The molecular weight excluding hydrogens is 300 g/mol. The van der Waals surface area contributed by atoms with Crippen LogP contribution in [0.5, 0.6) is 0 Å². The molecule has 0 aromatic heterocycles. The van der Waals surface area contributed by atoms with Crippen LogP contribution in [0.25, 0.3) is 0 Å². The second-order valence-electron chi connectivity index (χ2n) is 8.69. The number of rotatable bonds is 4. The highest BCUT2D eigenvalue weighted by Crippen LogP contribution is 2.43. The van der Waals surface area contributed by atoms with Crippen LogP contribution < -0.4 is 5.19 Å². The van der Waals surface area contributed by atoms with Gasteiger partial charge in [0, 0.05) is 5.54 Å². The van der Waals surface area contributed by atoms with Gasteiger partial charge in [0.15, 0.2) is 8.32 Å². The average Bonchev–Trinajstić information content (AvgIpc) is 2.86. The molecule has 3 heteroatoms. The quantitative estimate of drug-likeness (QED) is 0.535. The van der Waals surface area contributed by atoms with E-state index in [0.29, 0.717) is 11.6 Å². The molecular formula is C19H32OSi2. The Balaban J connectivity index is 2.22. The first kappa shape index (κ1) is 17.7. The van der Waals surface area contributed by atoms with Crippen molar-refractivity contribution < 1.29 is 4.43 Å². The van der Waals surface area contributed by atoms with E-state index in [1.165, 1.54) is 5.19 Å². The molecule has 0 aliphatic heterocycles. The first-order valence-electron chi connectivity index (χ1n) is 8.46. The van der Waals surface area contributed by atoms with E-state index < -0.39 is 16.4 Å². The molecule has 0 fully saturated rings. The summed E-state index contributed by atoms with van der Waals surface area (Å²) < 4.78 is 6.79. The largest absolute Gasteiger partial charge is 0.413 e. The smallest absolute Gasteiger partial charge is 0.192 e. The van der Waals surface area contributed by atoms with Crippen LogP contribution in [-0.4, -0.2) is 22.5 Å². The highest BCUT2D eigenvalue weighted by Gasteiger charge is 2.45. The van der Waals surface area contributed by atoms with E-state index in [2.05, 4.69) is 89.4 Å². The molecule has 0 heterocycles. The summed E-state index contributed by atoms with van der Waals surface area (Å²) in [4.78, 5) is 0. The van der Waals surface area contributed by atoms with Gasteiger partial charge in [0.05, 0.1) is 14.2 Å². The molecule has 22 heavy (non-hydrogen) atoms. The van der Waals surface area contributed by atoms with Crippen molar-refractivity contribution in [3.63, 3.8) is 0 Å². The van der Waals surface area contributed by atoms with Gasteiger partial charge in [-0.3, -0.25) is 0 Å². The first-order valence-corrected chi connectivity index (χ1v) is 14.4. The summed E-state index contributed by atoms with van der Waals surface area (Å²) >= 11 is 0. The monoisotopic (exact) mass is 332 g/mol. The summed E-state index contributed by atoms with van der Waals surface area (Å²) in [6, 6.07) is 11.1. The van der Waals surface area contributed by atoms with Crippen molar-refractivity contribution in [2.45, 2.75) is 70.1 Å². The first-order chi connectivity index (χ1) is 10.1. The van der Waals surface area contributed by atoms with Crippen molar-refractivity contribution in [2.75, 3.05) is 0 Å². The summed E-state index contributed by atoms with van der Waals surface area (Å²) in [7, 11) is -3.27. The molecule has 122 valence electrons. The maximum absolute atomic E-state index is 6.79. The minimum Gasteiger partial charge on any atom is -0.413 e. The van der Waals surface area contributed by atoms with Gasteiger partial charge in [-0.15, -0.1) is 0 Å². The highest BCUT2D eigenvalue weighted by molar-refractivity contribution is 6.91. The van der Waals surface area contributed by atoms with E-state index in [0.717, 1.165) is 6.42 Å². The summed E-state index contributed by atoms with van der Waals surface area (Å²) in [5.74, 6) is 0. The Morgan fingerprint density at radius 2 is 1.59 bits per heavy atom. The zero-order valence-corrected chi connectivity index (χ0v) is 17.3. The van der Waals surface area contributed by atoms with Gasteiger partial charge < -0.3 is 4.43 Å². The number of benzene rings is 1. The van der Waals surface area contributed by atoms with Crippen molar-refractivity contribution >= 4 is 21.6 Å². The van der Waals surface area contributed by atoms with Crippen LogP contribution >= 0.6 is 0 Å². The molecule has 0 N–H and O–H groups in total. The van der Waals surface area contributed by atoms with Gasteiger partial charge in [-0.2, -0.15) is 0 Å². The predicted octanol–water partition coefficient (Wildman–Crippen LogP) is 5.32. The maximum Gasteiger partial charge on any atom is 0.192 e. The lowest BCUT2D eigenvalue weighted by Crippen LogP contribution is -2.52. The van der Waals surface area contributed by atoms with Crippen LogP contribution in [0.15, 0.2) is 42.5 Å². The van der Waals surface area contributed by atoms with Gasteiger partial charge in [-0.05, 0) is 24.6 Å². The summed E-state index contributed by atoms with van der Waals surface area (Å²) in [5.41, 5.74) is 0.587. The third kappa shape index (κ3) is 3.47. The van der Waals surface area contributed by atoms with Crippen molar-refractivity contribution in [1.29, 1.82) is 0 Å². The van der Waals surface area contributed by atoms with Gasteiger partial charge >= 0.3 is 0 Å². The number of hydrogen-bond acceptors (Lipinski definition) is 1. The Hall–Kier alpha value is -0.646. The van der Waals surface area contributed by atoms with Crippen molar-refractivity contribution in [3.05, 3.63) is 42.5 Å². The Morgan fingerprint density at radius 1 is 1.00 bits per heavy atom. The Bertz CT molecular complexity index is 526. The Labute approximate surface area is 138 Å². The van der Waals surface area contributed by atoms with Crippen LogP contribution in [0.2, 0.25) is 36.8 Å². The lowest BCUT2D eigenvalue weighted by Gasteiger charge is -2.42. The van der Waals surface area contributed by atoms with E-state index in [1.807, 2.05) is 0 Å². The normalized spacial score (nSPS) is 23.0. The van der Waals surface area contributed by atoms with Crippen LogP contribution in [0.3, 0.4) is 0 Å². The molecule has 0 unspecified atom stereocenters. The molecule has 1 nitrogen and oxygen atoms in total. The molecule has 1 aliphatic rings. The lowest BCUT2D eigenvalue weighted by molar-refractivity contribution is 0.192. The third-order valence-electron chi connectivity index (χ3n) is 5.72. The fourth-order valence-corrected chi connectivity index (χ4v) is 7.75. The Kier molecular flexibility index (Phi) is 4.91. The molecule has 0 bridgehead atoms. The molecule has 2 rings (SSSR count). The average molecular weight is 333 g/mol. The maximum atomic E-state index is 6.79. The molecule has 0 saturated heterocycles. The van der Waals surface area contributed by atoms with Gasteiger partial charge in [0.1, 0.15) is 0 Å². The van der Waals surface area contributed by atoms with Crippen LogP contribution in [0.4, 0.5) is 0 Å². The van der Waals surface area contributed by atoms with E-state index in [4.69, 9.17) is 4.43 Å². The van der Waals surface area contributed by atoms with Crippen LogP contribution in [0.1, 0.15) is 27.2 Å². The van der Waals surface area contributed by atoms with Gasteiger partial charge in [0.2, 0.25) is 0 Å². The van der Waals surface area contributed by atoms with Gasteiger partial charge in [-0.25, -0.2) is 0 Å². The minimum absolute atomic E-state index is 0.276. The van der Waals surface area contributed by atoms with E-state index in [1.54, 1.807) is 0 Å². The van der Waals surface area contributed by atoms with Crippen LogP contribution in [-0.2, 0) is 4.43 Å². The van der Waals surface area contributed by atoms with Gasteiger partial charge in [0.25, 0.3) is 0 Å². The molecule has 1 aliphatic carbocycles. The third-order valence-corrected chi connectivity index (χ3v) is 14.3. The summed E-state index contributed by atoms with van der Waals surface area (Å²) in [5, 5.41) is 1.81. The van der Waals surface area contributed by atoms with Crippen molar-refractivity contribution in [1.82, 2.24) is 0 Å². The van der Waals surface area contributed by atoms with Crippen molar-refractivity contribution in [2.24, 2.45) is 0 Å². The summed E-state index contributed by atoms with van der Waals surface area (Å²) in [6.45, 7) is 16.7. The second kappa shape index (κ2) is 6.10. The molecule has 0 amide bonds. The summed E-state index contributed by atoms with van der Waals surface area (Å²) in [6.07, 6.45) is 6.25.